The van der Waals surface area contributed by atoms with E-state index >= 15 is 0 Å². The van der Waals surface area contributed by atoms with Gasteiger partial charge >= 0.3 is 0 Å². The minimum atomic E-state index is 0.273. The van der Waals surface area contributed by atoms with Gasteiger partial charge in [-0.05, 0) is 30.4 Å². The van der Waals surface area contributed by atoms with Crippen molar-refractivity contribution in [3.8, 4) is 22.3 Å². The summed E-state index contributed by atoms with van der Waals surface area (Å²) >= 11 is 1.61. The molecular weight excluding hydrogens is 407 g/mol. The maximum atomic E-state index is 9.15. The Balaban J connectivity index is 1.24. The molecule has 156 valence electrons. The third-order valence-corrected chi connectivity index (χ3v) is 8.19. The quantitative estimate of drug-likeness (QED) is 0.445. The molecule has 0 amide bonds. The van der Waals surface area contributed by atoms with Crippen LogP contribution >= 0.6 is 11.3 Å². The van der Waals surface area contributed by atoms with E-state index in [1.54, 1.807) is 23.1 Å². The van der Waals surface area contributed by atoms with Gasteiger partial charge in [0.05, 0.1) is 19.0 Å². The largest absolute Gasteiger partial charge is 0.494 e. The topological polar surface area (TPSA) is 81.0 Å². The van der Waals surface area contributed by atoms with E-state index in [-0.39, 0.29) is 6.71 Å². The van der Waals surface area contributed by atoms with Gasteiger partial charge in [0.2, 0.25) is 4.96 Å². The number of imidazole rings is 1. The average molecular weight is 430 g/mol. The Labute approximate surface area is 184 Å². The van der Waals surface area contributed by atoms with Crippen LogP contribution in [0.4, 0.5) is 0 Å². The number of aryl methyl sites for hydroxylation is 1. The monoisotopic (exact) mass is 430 g/mol. The molecule has 1 aliphatic carbocycles. The number of aromatic nitrogens is 5. The Hall–Kier alpha value is -2.86. The minimum Gasteiger partial charge on any atom is -0.494 e. The van der Waals surface area contributed by atoms with Gasteiger partial charge in [-0.15, -0.1) is 0 Å². The maximum Gasteiger partial charge on any atom is 0.267 e. The van der Waals surface area contributed by atoms with Crippen LogP contribution in [0.1, 0.15) is 37.3 Å². The molecule has 1 saturated carbocycles. The van der Waals surface area contributed by atoms with Crippen LogP contribution in [0.15, 0.2) is 24.5 Å². The standard InChI is InChI=1S/C22H23BN6OS/c1-28-11-15-7-14(8-18(30-2)19(15)26-28)20-27-29-12-17(25-21(29)31-20)16-9-22(10-16)3-5-23(13-24)6-4-22/h7-8,11-12,16H,3-6,9-10H2,1-2H3. The van der Waals surface area contributed by atoms with Gasteiger partial charge in [-0.3, -0.25) is 4.68 Å². The fraction of sp³-hybridized carbons (Fsp3) is 0.455. The fourth-order valence-electron chi connectivity index (χ4n) is 5.49. The highest BCUT2D eigenvalue weighted by Crippen LogP contribution is 2.58. The molecule has 31 heavy (non-hydrogen) atoms. The Morgan fingerprint density at radius 1 is 1.23 bits per heavy atom. The molecule has 1 aliphatic heterocycles. The van der Waals surface area contributed by atoms with Crippen LogP contribution in [0.2, 0.25) is 12.6 Å². The predicted molar refractivity (Wildman–Crippen MR) is 122 cm³/mol. The summed E-state index contributed by atoms with van der Waals surface area (Å²) in [5, 5.41) is 20.4. The van der Waals surface area contributed by atoms with Gasteiger partial charge in [0, 0.05) is 36.1 Å². The van der Waals surface area contributed by atoms with E-state index in [1.165, 1.54) is 31.4 Å². The van der Waals surface area contributed by atoms with E-state index in [0.717, 1.165) is 44.8 Å². The molecule has 0 unspecified atom stereocenters. The lowest BCUT2D eigenvalue weighted by Gasteiger charge is -2.50. The van der Waals surface area contributed by atoms with E-state index in [0.29, 0.717) is 11.3 Å². The van der Waals surface area contributed by atoms with E-state index in [2.05, 4.69) is 23.3 Å². The number of fused-ring (bicyclic) bond motifs is 2. The normalized spacial score (nSPS) is 18.5. The molecule has 3 aromatic heterocycles. The summed E-state index contributed by atoms with van der Waals surface area (Å²) in [5.41, 5.74) is 3.51. The molecule has 1 spiro atoms. The first-order chi connectivity index (χ1) is 15.1. The summed E-state index contributed by atoms with van der Waals surface area (Å²) < 4.78 is 9.29. The van der Waals surface area contributed by atoms with Crippen molar-refractivity contribution in [2.45, 2.75) is 44.2 Å². The lowest BCUT2D eigenvalue weighted by Crippen LogP contribution is -2.40. The maximum absolute atomic E-state index is 9.15. The van der Waals surface area contributed by atoms with Gasteiger partial charge in [0.25, 0.3) is 6.71 Å². The molecule has 2 aliphatic rings. The van der Waals surface area contributed by atoms with Crippen LogP contribution in [0.3, 0.4) is 0 Å². The lowest BCUT2D eigenvalue weighted by molar-refractivity contribution is 0.0825. The van der Waals surface area contributed by atoms with Gasteiger partial charge in [0.15, 0.2) is 0 Å². The molecule has 1 saturated heterocycles. The van der Waals surface area contributed by atoms with Gasteiger partial charge < -0.3 is 4.74 Å². The second-order valence-electron chi connectivity index (χ2n) is 9.23. The van der Waals surface area contributed by atoms with Gasteiger partial charge in [-0.25, -0.2) is 14.8 Å². The summed E-state index contributed by atoms with van der Waals surface area (Å²) in [6.07, 6.45) is 11.0. The van der Waals surface area contributed by atoms with Crippen LogP contribution in [-0.4, -0.2) is 38.2 Å². The number of hydrogen-bond donors (Lipinski definition) is 0. The summed E-state index contributed by atoms with van der Waals surface area (Å²) in [4.78, 5) is 5.85. The van der Waals surface area contributed by atoms with E-state index in [4.69, 9.17) is 20.1 Å². The Morgan fingerprint density at radius 2 is 2.03 bits per heavy atom. The second-order valence-corrected chi connectivity index (χ2v) is 10.2. The van der Waals surface area contributed by atoms with Crippen LogP contribution in [0.5, 0.6) is 5.75 Å². The third-order valence-electron chi connectivity index (χ3n) is 7.22. The first-order valence-electron chi connectivity index (χ1n) is 10.8. The zero-order valence-corrected chi connectivity index (χ0v) is 18.5. The number of ether oxygens (including phenoxy) is 1. The van der Waals surface area contributed by atoms with Gasteiger partial charge in [-0.1, -0.05) is 36.8 Å². The SMILES string of the molecule is COc1cc(-c2nn3cc(C4CC5(CCB(C#N)CC5)C4)nc3s2)cc2cn(C)nc12. The first kappa shape index (κ1) is 18.9. The molecule has 0 bridgehead atoms. The van der Waals surface area contributed by atoms with Crippen molar-refractivity contribution in [3.63, 3.8) is 0 Å². The van der Waals surface area contributed by atoms with E-state index in [9.17, 15) is 0 Å². The Kier molecular flexibility index (Phi) is 4.16. The second kappa shape index (κ2) is 6.82. The van der Waals surface area contributed by atoms with Gasteiger partial charge in [0.1, 0.15) is 16.3 Å². The van der Waals surface area contributed by atoms with Crippen molar-refractivity contribution in [1.29, 1.82) is 5.26 Å². The van der Waals surface area contributed by atoms with Crippen molar-refractivity contribution in [2.75, 3.05) is 7.11 Å². The van der Waals surface area contributed by atoms with Crippen LogP contribution in [0, 0.1) is 16.6 Å². The molecule has 1 aromatic carbocycles. The van der Waals surface area contributed by atoms with E-state index < -0.39 is 0 Å². The molecule has 7 nitrogen and oxygen atoms in total. The zero-order chi connectivity index (χ0) is 21.2. The highest BCUT2D eigenvalue weighted by molar-refractivity contribution is 7.19. The molecule has 6 rings (SSSR count). The zero-order valence-electron chi connectivity index (χ0n) is 17.7. The van der Waals surface area contributed by atoms with Crippen LogP contribution in [0.25, 0.3) is 26.4 Å². The fourth-order valence-corrected chi connectivity index (χ4v) is 6.37. The van der Waals surface area contributed by atoms with Crippen molar-refractivity contribution in [1.82, 2.24) is 24.4 Å². The number of nitriles is 1. The van der Waals surface area contributed by atoms with Gasteiger partial charge in [-0.2, -0.15) is 10.2 Å². The number of hydrogen-bond acceptors (Lipinski definition) is 6. The molecular formula is C22H23BN6OS. The first-order valence-corrected chi connectivity index (χ1v) is 11.6. The third kappa shape index (κ3) is 3.04. The minimum absolute atomic E-state index is 0.273. The number of benzene rings is 1. The Morgan fingerprint density at radius 3 is 2.74 bits per heavy atom. The summed E-state index contributed by atoms with van der Waals surface area (Å²) in [7, 11) is 3.59. The smallest absolute Gasteiger partial charge is 0.267 e. The summed E-state index contributed by atoms with van der Waals surface area (Å²) in [6.45, 7) is 0.273. The molecule has 4 heterocycles. The lowest BCUT2D eigenvalue weighted by atomic mass is 9.36. The number of nitrogens with zero attached hydrogens (tertiary/aromatic N) is 6. The van der Waals surface area contributed by atoms with Crippen molar-refractivity contribution < 1.29 is 4.74 Å². The molecule has 2 fully saturated rings. The molecule has 4 aromatic rings. The van der Waals surface area contributed by atoms with Crippen LogP contribution in [-0.2, 0) is 7.05 Å². The summed E-state index contributed by atoms with van der Waals surface area (Å²) in [6, 6.07) is 4.11. The Bertz CT molecular complexity index is 1300. The average Bonchev–Trinajstić information content (AvgIpc) is 3.43. The van der Waals surface area contributed by atoms with E-state index in [1.807, 2.05) is 23.8 Å². The van der Waals surface area contributed by atoms with Crippen molar-refractivity contribution >= 4 is 33.9 Å². The van der Waals surface area contributed by atoms with Crippen molar-refractivity contribution in [2.24, 2.45) is 12.5 Å². The predicted octanol–water partition coefficient (Wildman–Crippen LogP) is 4.57. The number of methoxy groups -OCH3 is 1. The van der Waals surface area contributed by atoms with Crippen LogP contribution < -0.4 is 4.74 Å². The molecule has 0 atom stereocenters. The summed E-state index contributed by atoms with van der Waals surface area (Å²) in [5.74, 6) is 3.74. The highest BCUT2D eigenvalue weighted by Gasteiger charge is 2.47. The number of rotatable bonds is 3. The molecule has 0 radical (unpaired) electrons. The highest BCUT2D eigenvalue weighted by atomic mass is 32.1. The molecule has 0 N–H and O–H groups in total. The molecule has 9 heteroatoms. The van der Waals surface area contributed by atoms with Crippen molar-refractivity contribution in [3.05, 3.63) is 30.2 Å².